The van der Waals surface area contributed by atoms with E-state index in [1.54, 1.807) is 7.11 Å². The van der Waals surface area contributed by atoms with Crippen molar-refractivity contribution >= 4 is 17.3 Å². The molecule has 1 aromatic carbocycles. The van der Waals surface area contributed by atoms with Gasteiger partial charge in [0.05, 0.1) is 12.8 Å². The highest BCUT2D eigenvalue weighted by Gasteiger charge is 2.28. The normalized spacial score (nSPS) is 22.9. The quantitative estimate of drug-likeness (QED) is 0.918. The Hall–Kier alpha value is -0.930. The van der Waals surface area contributed by atoms with Crippen LogP contribution >= 0.6 is 11.6 Å². The summed E-state index contributed by atoms with van der Waals surface area (Å²) in [5, 5.41) is 4.39. The molecule has 112 valence electrons. The number of anilines is 1. The first-order chi connectivity index (χ1) is 9.60. The molecule has 20 heavy (non-hydrogen) atoms. The van der Waals surface area contributed by atoms with Crippen LogP contribution in [0.15, 0.2) is 12.1 Å². The largest absolute Gasteiger partial charge is 0.495 e. The van der Waals surface area contributed by atoms with E-state index < -0.39 is 0 Å². The van der Waals surface area contributed by atoms with Crippen molar-refractivity contribution in [1.82, 2.24) is 5.32 Å². The fraction of sp³-hybridized carbons (Fsp3) is 0.625. The summed E-state index contributed by atoms with van der Waals surface area (Å²) in [5.74, 6) is 0.871. The maximum Gasteiger partial charge on any atom is 0.143 e. The molecule has 3 nitrogen and oxygen atoms in total. The van der Waals surface area contributed by atoms with Crippen LogP contribution in [-0.4, -0.2) is 32.3 Å². The lowest BCUT2D eigenvalue weighted by molar-refractivity contribution is 0.369. The van der Waals surface area contributed by atoms with Crippen LogP contribution in [0.2, 0.25) is 5.02 Å². The Morgan fingerprint density at radius 2 is 2.10 bits per heavy atom. The van der Waals surface area contributed by atoms with Gasteiger partial charge in [0, 0.05) is 36.3 Å². The minimum Gasteiger partial charge on any atom is -0.495 e. The summed E-state index contributed by atoms with van der Waals surface area (Å²) in [6.45, 7) is 8.56. The van der Waals surface area contributed by atoms with Crippen molar-refractivity contribution in [3.8, 4) is 5.75 Å². The number of nitrogens with zero attached hydrogens (tertiary/aromatic N) is 1. The smallest absolute Gasteiger partial charge is 0.143 e. The van der Waals surface area contributed by atoms with Crippen LogP contribution in [0.1, 0.15) is 32.3 Å². The highest BCUT2D eigenvalue weighted by molar-refractivity contribution is 6.31. The second-order valence-electron chi connectivity index (χ2n) is 5.50. The topological polar surface area (TPSA) is 24.5 Å². The molecule has 4 heteroatoms. The number of nitrogens with one attached hydrogen (secondary N) is 1. The number of aryl methyl sites for hydroxylation is 1. The third-order valence-electron chi connectivity index (χ3n) is 4.23. The molecule has 1 heterocycles. The zero-order valence-corrected chi connectivity index (χ0v) is 13.6. The Kier molecular flexibility index (Phi) is 5.17. The Morgan fingerprint density at radius 3 is 2.70 bits per heavy atom. The zero-order chi connectivity index (χ0) is 14.7. The maximum absolute atomic E-state index is 6.22. The Balaban J connectivity index is 2.38. The number of rotatable bonds is 4. The van der Waals surface area contributed by atoms with Gasteiger partial charge in [-0.1, -0.05) is 25.4 Å². The van der Waals surface area contributed by atoms with Crippen LogP contribution in [0.25, 0.3) is 0 Å². The molecule has 2 unspecified atom stereocenters. The Morgan fingerprint density at radius 1 is 1.35 bits per heavy atom. The molecule has 0 radical (unpaired) electrons. The number of hydrogen-bond donors (Lipinski definition) is 1. The van der Waals surface area contributed by atoms with E-state index in [4.69, 9.17) is 16.3 Å². The van der Waals surface area contributed by atoms with E-state index in [9.17, 15) is 0 Å². The number of halogens is 1. The number of ether oxygens (including phenoxy) is 1. The van der Waals surface area contributed by atoms with Crippen molar-refractivity contribution < 1.29 is 4.74 Å². The first-order valence-electron chi connectivity index (χ1n) is 7.44. The first kappa shape index (κ1) is 15.5. The van der Waals surface area contributed by atoms with Gasteiger partial charge in [-0.25, -0.2) is 0 Å². The van der Waals surface area contributed by atoms with Gasteiger partial charge in [0.1, 0.15) is 5.75 Å². The van der Waals surface area contributed by atoms with E-state index in [2.05, 4.69) is 30.1 Å². The second kappa shape index (κ2) is 6.68. The summed E-state index contributed by atoms with van der Waals surface area (Å²) >= 11 is 6.22. The molecule has 0 aromatic heterocycles. The van der Waals surface area contributed by atoms with Crippen molar-refractivity contribution in [1.29, 1.82) is 0 Å². The standard InChI is InChI=1S/C16H25ClN2O/c1-5-12-10-19(13(6-2)9-18-12)15-7-11(3)14(17)8-16(15)20-4/h7-8,12-13,18H,5-6,9-10H2,1-4H3. The monoisotopic (exact) mass is 296 g/mol. The zero-order valence-electron chi connectivity index (χ0n) is 12.9. The molecular formula is C16H25ClN2O. The number of hydrogen-bond acceptors (Lipinski definition) is 3. The molecule has 2 atom stereocenters. The molecule has 1 aliphatic heterocycles. The van der Waals surface area contributed by atoms with Gasteiger partial charge in [0.15, 0.2) is 0 Å². The molecule has 0 bridgehead atoms. The predicted octanol–water partition coefficient (Wildman–Crippen LogP) is 3.62. The summed E-state index contributed by atoms with van der Waals surface area (Å²) in [7, 11) is 1.71. The van der Waals surface area contributed by atoms with Crippen LogP contribution < -0.4 is 15.0 Å². The Bertz CT molecular complexity index is 464. The number of benzene rings is 1. The third-order valence-corrected chi connectivity index (χ3v) is 4.64. The molecule has 1 N–H and O–H groups in total. The van der Waals surface area contributed by atoms with Crippen LogP contribution in [0.3, 0.4) is 0 Å². The fourth-order valence-electron chi connectivity index (χ4n) is 2.83. The number of piperazine rings is 1. The van der Waals surface area contributed by atoms with E-state index in [0.717, 1.165) is 42.3 Å². The summed E-state index contributed by atoms with van der Waals surface area (Å²) in [6.07, 6.45) is 2.26. The summed E-state index contributed by atoms with van der Waals surface area (Å²) < 4.78 is 5.55. The van der Waals surface area contributed by atoms with Crippen LogP contribution in [0.4, 0.5) is 5.69 Å². The van der Waals surface area contributed by atoms with E-state index >= 15 is 0 Å². The minimum absolute atomic E-state index is 0.507. The molecule has 1 saturated heterocycles. The molecule has 2 rings (SSSR count). The average Bonchev–Trinajstić information content (AvgIpc) is 2.48. The van der Waals surface area contributed by atoms with Crippen molar-refractivity contribution in [2.75, 3.05) is 25.1 Å². The fourth-order valence-corrected chi connectivity index (χ4v) is 2.99. The molecule has 1 aliphatic rings. The van der Waals surface area contributed by atoms with Crippen LogP contribution in [0.5, 0.6) is 5.75 Å². The first-order valence-corrected chi connectivity index (χ1v) is 7.82. The lowest BCUT2D eigenvalue weighted by Gasteiger charge is -2.42. The van der Waals surface area contributed by atoms with Gasteiger partial charge in [-0.3, -0.25) is 0 Å². The highest BCUT2D eigenvalue weighted by Crippen LogP contribution is 2.36. The molecule has 0 spiro atoms. The molecule has 1 fully saturated rings. The van der Waals surface area contributed by atoms with Crippen molar-refractivity contribution in [3.05, 3.63) is 22.7 Å². The lowest BCUT2D eigenvalue weighted by Crippen LogP contribution is -2.56. The van der Waals surface area contributed by atoms with E-state index in [0.29, 0.717) is 12.1 Å². The third kappa shape index (κ3) is 3.04. The summed E-state index contributed by atoms with van der Waals surface area (Å²) in [5.41, 5.74) is 2.27. The van der Waals surface area contributed by atoms with Crippen molar-refractivity contribution in [2.45, 2.75) is 45.7 Å². The predicted molar refractivity (Wildman–Crippen MR) is 86.2 cm³/mol. The maximum atomic E-state index is 6.22. The molecular weight excluding hydrogens is 272 g/mol. The highest BCUT2D eigenvalue weighted by atomic mass is 35.5. The summed E-state index contributed by atoms with van der Waals surface area (Å²) in [6, 6.07) is 5.13. The van der Waals surface area contributed by atoms with Crippen molar-refractivity contribution in [3.63, 3.8) is 0 Å². The van der Waals surface area contributed by atoms with Gasteiger partial charge in [-0.2, -0.15) is 0 Å². The molecule has 0 aliphatic carbocycles. The van der Waals surface area contributed by atoms with Gasteiger partial charge in [-0.15, -0.1) is 0 Å². The summed E-state index contributed by atoms with van der Waals surface area (Å²) in [4.78, 5) is 2.48. The molecule has 0 amide bonds. The SMILES string of the molecule is CCC1CN(c2cc(C)c(Cl)cc2OC)C(CC)CN1. The van der Waals surface area contributed by atoms with Gasteiger partial charge in [0.25, 0.3) is 0 Å². The average molecular weight is 297 g/mol. The van der Waals surface area contributed by atoms with Crippen molar-refractivity contribution in [2.24, 2.45) is 0 Å². The van der Waals surface area contributed by atoms with Crippen LogP contribution in [-0.2, 0) is 0 Å². The van der Waals surface area contributed by atoms with Gasteiger partial charge in [0.2, 0.25) is 0 Å². The van der Waals surface area contributed by atoms with Gasteiger partial charge in [-0.05, 0) is 31.4 Å². The second-order valence-corrected chi connectivity index (χ2v) is 5.91. The van der Waals surface area contributed by atoms with E-state index in [1.165, 1.54) is 5.69 Å². The van der Waals surface area contributed by atoms with Crippen LogP contribution in [0, 0.1) is 6.92 Å². The van der Waals surface area contributed by atoms with Gasteiger partial charge >= 0.3 is 0 Å². The van der Waals surface area contributed by atoms with E-state index in [-0.39, 0.29) is 0 Å². The minimum atomic E-state index is 0.507. The number of methoxy groups -OCH3 is 1. The molecule has 0 saturated carbocycles. The van der Waals surface area contributed by atoms with Gasteiger partial charge < -0.3 is 15.0 Å². The molecule has 1 aromatic rings. The lowest BCUT2D eigenvalue weighted by atomic mass is 10.0. The van der Waals surface area contributed by atoms with E-state index in [1.807, 2.05) is 13.0 Å². The Labute approximate surface area is 127 Å².